The molecule has 0 spiro atoms. The molecule has 0 aromatic carbocycles. The number of halogens is 1. The second-order valence-corrected chi connectivity index (χ2v) is 9.47. The number of aromatic nitrogens is 5. The first-order chi connectivity index (χ1) is 15.5. The largest absolute Gasteiger partial charge is 0.481 e. The summed E-state index contributed by atoms with van der Waals surface area (Å²) in [6, 6.07) is 1.84. The highest BCUT2D eigenvalue weighted by molar-refractivity contribution is 6.29. The standard InChI is InChI=1S/C23H23ClN6O2/c1-30-9-8-14-21(27-18-12-4-2-11(3-5-12)17(18)23(31)32)28-20(29-22(14)30)13-6-7-15-19(13)26-16(24)10-25-15/h6,8-12,17-18H,2-5,7H2,1H3,(H,31,32)(H,27,28,29)/t11?,12?,17-,18-/m0/s1. The smallest absolute Gasteiger partial charge is 0.308 e. The Morgan fingerprint density at radius 1 is 1.19 bits per heavy atom. The molecule has 3 aromatic rings. The number of aryl methyl sites for hydroxylation is 1. The Bertz CT molecular complexity index is 1280. The summed E-state index contributed by atoms with van der Waals surface area (Å²) in [6.45, 7) is 0. The molecule has 2 N–H and O–H groups in total. The fourth-order valence-electron chi connectivity index (χ4n) is 5.79. The fourth-order valence-corrected chi connectivity index (χ4v) is 5.92. The van der Waals surface area contributed by atoms with Gasteiger partial charge in [0.1, 0.15) is 16.6 Å². The van der Waals surface area contributed by atoms with Crippen LogP contribution in [-0.4, -0.2) is 41.6 Å². The number of nitrogens with one attached hydrogen (secondary N) is 1. The third-order valence-corrected chi connectivity index (χ3v) is 7.53. The molecule has 164 valence electrons. The van der Waals surface area contributed by atoms with Crippen molar-refractivity contribution in [3.63, 3.8) is 0 Å². The lowest BCUT2D eigenvalue weighted by atomic mass is 9.61. The van der Waals surface area contributed by atoms with Crippen LogP contribution >= 0.6 is 11.6 Å². The van der Waals surface area contributed by atoms with Crippen molar-refractivity contribution >= 4 is 40.0 Å². The zero-order valence-corrected chi connectivity index (χ0v) is 18.4. The Balaban J connectivity index is 1.45. The van der Waals surface area contributed by atoms with E-state index in [0.717, 1.165) is 48.0 Å². The van der Waals surface area contributed by atoms with E-state index < -0.39 is 11.9 Å². The van der Waals surface area contributed by atoms with E-state index in [1.165, 1.54) is 0 Å². The highest BCUT2D eigenvalue weighted by atomic mass is 35.5. The van der Waals surface area contributed by atoms with Crippen molar-refractivity contribution in [3.05, 3.63) is 46.9 Å². The quantitative estimate of drug-likeness (QED) is 0.624. The van der Waals surface area contributed by atoms with Crippen molar-refractivity contribution in [2.45, 2.75) is 38.1 Å². The van der Waals surface area contributed by atoms with Crippen LogP contribution in [0.25, 0.3) is 16.6 Å². The number of nitrogens with zero attached hydrogens (tertiary/aromatic N) is 5. The lowest BCUT2D eigenvalue weighted by Gasteiger charge is -2.47. The molecule has 7 rings (SSSR count). The number of anilines is 1. The summed E-state index contributed by atoms with van der Waals surface area (Å²) in [4.78, 5) is 30.7. The lowest BCUT2D eigenvalue weighted by molar-refractivity contribution is -0.148. The molecular weight excluding hydrogens is 428 g/mol. The molecule has 0 saturated heterocycles. The zero-order chi connectivity index (χ0) is 22.0. The van der Waals surface area contributed by atoms with Crippen LogP contribution in [0.3, 0.4) is 0 Å². The monoisotopic (exact) mass is 450 g/mol. The highest BCUT2D eigenvalue weighted by Gasteiger charge is 2.47. The molecule has 32 heavy (non-hydrogen) atoms. The Morgan fingerprint density at radius 3 is 2.75 bits per heavy atom. The number of carbonyl (C=O) groups is 1. The predicted molar refractivity (Wildman–Crippen MR) is 120 cm³/mol. The predicted octanol–water partition coefficient (Wildman–Crippen LogP) is 3.70. The van der Waals surface area contributed by atoms with E-state index in [2.05, 4.69) is 15.3 Å². The van der Waals surface area contributed by atoms with Crippen molar-refractivity contribution in [2.75, 3.05) is 5.32 Å². The summed E-state index contributed by atoms with van der Waals surface area (Å²) < 4.78 is 1.95. The van der Waals surface area contributed by atoms with Gasteiger partial charge in [0.25, 0.3) is 0 Å². The number of aliphatic carboxylic acids is 1. The maximum absolute atomic E-state index is 12.1. The summed E-state index contributed by atoms with van der Waals surface area (Å²) in [5.41, 5.74) is 3.15. The van der Waals surface area contributed by atoms with E-state index in [4.69, 9.17) is 21.6 Å². The molecule has 3 saturated carbocycles. The Kier molecular flexibility index (Phi) is 4.47. The molecule has 0 aliphatic heterocycles. The molecule has 0 amide bonds. The van der Waals surface area contributed by atoms with Gasteiger partial charge in [-0.1, -0.05) is 17.7 Å². The van der Waals surface area contributed by atoms with Crippen molar-refractivity contribution in [3.8, 4) is 0 Å². The SMILES string of the molecule is Cn1ccc2c(N[C@H]3C4CCC(CC4)[C@@H]3C(=O)O)nc(C3=CCc4ncc(Cl)nc43)nc21. The second kappa shape index (κ2) is 7.27. The van der Waals surface area contributed by atoms with Crippen LogP contribution in [0.15, 0.2) is 24.5 Å². The van der Waals surface area contributed by atoms with Crippen molar-refractivity contribution in [2.24, 2.45) is 24.8 Å². The van der Waals surface area contributed by atoms with Crippen LogP contribution in [0.1, 0.15) is 42.9 Å². The van der Waals surface area contributed by atoms with Gasteiger partial charge in [0, 0.05) is 31.3 Å². The summed E-state index contributed by atoms with van der Waals surface area (Å²) in [5.74, 6) is 0.686. The molecular formula is C23H23ClN6O2. The number of hydrogen-bond acceptors (Lipinski definition) is 6. The number of fused-ring (bicyclic) bond motifs is 5. The van der Waals surface area contributed by atoms with E-state index in [9.17, 15) is 9.90 Å². The van der Waals surface area contributed by atoms with Gasteiger partial charge in [0.15, 0.2) is 5.82 Å². The number of rotatable bonds is 4. The van der Waals surface area contributed by atoms with E-state index in [1.807, 2.05) is 30.0 Å². The highest BCUT2D eigenvalue weighted by Crippen LogP contribution is 2.46. The van der Waals surface area contributed by atoms with Crippen LogP contribution < -0.4 is 5.32 Å². The second-order valence-electron chi connectivity index (χ2n) is 9.08. The number of allylic oxidation sites excluding steroid dienone is 1. The van der Waals surface area contributed by atoms with Gasteiger partial charge < -0.3 is 15.0 Å². The Labute approximate surface area is 189 Å². The molecule has 8 nitrogen and oxygen atoms in total. The Hall–Kier alpha value is -3.00. The van der Waals surface area contributed by atoms with Gasteiger partial charge in [0.2, 0.25) is 0 Å². The van der Waals surface area contributed by atoms with Gasteiger partial charge in [0.05, 0.1) is 28.9 Å². The van der Waals surface area contributed by atoms with Gasteiger partial charge in [-0.15, -0.1) is 0 Å². The fraction of sp³-hybridized carbons (Fsp3) is 0.435. The number of carboxylic acids is 1. The van der Waals surface area contributed by atoms with Gasteiger partial charge in [-0.05, 0) is 43.6 Å². The molecule has 9 heteroatoms. The summed E-state index contributed by atoms with van der Waals surface area (Å²) in [6.07, 6.45) is 10.3. The zero-order valence-electron chi connectivity index (χ0n) is 17.6. The van der Waals surface area contributed by atoms with Crippen LogP contribution in [0.2, 0.25) is 5.15 Å². The topological polar surface area (TPSA) is 106 Å². The third-order valence-electron chi connectivity index (χ3n) is 7.35. The maximum atomic E-state index is 12.1. The van der Waals surface area contributed by atoms with Crippen molar-refractivity contribution in [1.82, 2.24) is 24.5 Å². The average molecular weight is 451 g/mol. The molecule has 3 fully saturated rings. The van der Waals surface area contributed by atoms with Crippen molar-refractivity contribution in [1.29, 1.82) is 0 Å². The molecule has 2 atom stereocenters. The van der Waals surface area contributed by atoms with Gasteiger partial charge >= 0.3 is 5.97 Å². The van der Waals surface area contributed by atoms with Crippen LogP contribution in [0, 0.1) is 17.8 Å². The summed E-state index contributed by atoms with van der Waals surface area (Å²) in [5, 5.41) is 14.8. The van der Waals surface area contributed by atoms with Crippen LogP contribution in [0.4, 0.5) is 5.82 Å². The van der Waals surface area contributed by atoms with Crippen LogP contribution in [0.5, 0.6) is 0 Å². The first kappa shape index (κ1) is 19.7. The van der Waals surface area contributed by atoms with Gasteiger partial charge in [-0.2, -0.15) is 0 Å². The first-order valence-electron chi connectivity index (χ1n) is 11.0. The normalized spacial score (nSPS) is 26.2. The third kappa shape index (κ3) is 3.00. The van der Waals surface area contributed by atoms with Gasteiger partial charge in [-0.25, -0.2) is 15.0 Å². The van der Waals surface area contributed by atoms with Crippen LogP contribution in [-0.2, 0) is 18.3 Å². The molecule has 3 aromatic heterocycles. The molecule has 2 bridgehead atoms. The van der Waals surface area contributed by atoms with Crippen molar-refractivity contribution < 1.29 is 9.90 Å². The minimum atomic E-state index is -0.715. The molecule has 3 heterocycles. The minimum absolute atomic E-state index is 0.134. The summed E-state index contributed by atoms with van der Waals surface area (Å²) in [7, 11) is 1.94. The number of carboxylic acid groups (broad SMARTS) is 1. The first-order valence-corrected chi connectivity index (χ1v) is 11.4. The molecule has 4 aliphatic rings. The molecule has 4 aliphatic carbocycles. The van der Waals surface area contributed by atoms with E-state index in [1.54, 1.807) is 6.20 Å². The Morgan fingerprint density at radius 2 is 1.97 bits per heavy atom. The van der Waals surface area contributed by atoms with E-state index in [0.29, 0.717) is 34.8 Å². The minimum Gasteiger partial charge on any atom is -0.481 e. The maximum Gasteiger partial charge on any atom is 0.308 e. The molecule has 0 radical (unpaired) electrons. The van der Waals surface area contributed by atoms with Gasteiger partial charge in [-0.3, -0.25) is 9.78 Å². The summed E-state index contributed by atoms with van der Waals surface area (Å²) >= 11 is 6.11. The van der Waals surface area contributed by atoms with E-state index >= 15 is 0 Å². The molecule has 0 unspecified atom stereocenters. The lowest BCUT2D eigenvalue weighted by Crippen LogP contribution is -2.51. The van der Waals surface area contributed by atoms with E-state index in [-0.39, 0.29) is 12.0 Å². The average Bonchev–Trinajstić information content (AvgIpc) is 3.37. The number of hydrogen-bond donors (Lipinski definition) is 2.